The van der Waals surface area contributed by atoms with E-state index < -0.39 is 0 Å². The van der Waals surface area contributed by atoms with Crippen LogP contribution in [0.3, 0.4) is 0 Å². The molecule has 0 N–H and O–H groups in total. The van der Waals surface area contributed by atoms with Crippen LogP contribution in [0.4, 0.5) is 0 Å². The number of hydrogen-bond acceptors (Lipinski definition) is 2. The SMILES string of the molecule is CCc1ccc(OCCCCn2ccnc2)cc1. The molecule has 18 heavy (non-hydrogen) atoms. The summed E-state index contributed by atoms with van der Waals surface area (Å²) in [4.78, 5) is 4.02. The summed E-state index contributed by atoms with van der Waals surface area (Å²) >= 11 is 0. The second-order valence-corrected chi connectivity index (χ2v) is 4.35. The van der Waals surface area contributed by atoms with Crippen molar-refractivity contribution in [3.8, 4) is 5.75 Å². The topological polar surface area (TPSA) is 27.1 Å². The van der Waals surface area contributed by atoms with Crippen LogP contribution in [-0.4, -0.2) is 16.2 Å². The zero-order chi connectivity index (χ0) is 12.6. The van der Waals surface area contributed by atoms with Gasteiger partial charge in [0.1, 0.15) is 5.75 Å². The van der Waals surface area contributed by atoms with Gasteiger partial charge in [0.05, 0.1) is 12.9 Å². The Kier molecular flexibility index (Phi) is 4.82. The van der Waals surface area contributed by atoms with Crippen LogP contribution in [0.2, 0.25) is 0 Å². The predicted octanol–water partition coefficient (Wildman–Crippen LogP) is 3.30. The van der Waals surface area contributed by atoms with Gasteiger partial charge < -0.3 is 9.30 Å². The summed E-state index contributed by atoms with van der Waals surface area (Å²) in [5.41, 5.74) is 1.35. The van der Waals surface area contributed by atoms with Crippen LogP contribution in [0.15, 0.2) is 43.0 Å². The van der Waals surface area contributed by atoms with E-state index in [9.17, 15) is 0 Å². The highest BCUT2D eigenvalue weighted by atomic mass is 16.5. The lowest BCUT2D eigenvalue weighted by Crippen LogP contribution is -2.01. The monoisotopic (exact) mass is 244 g/mol. The van der Waals surface area contributed by atoms with Gasteiger partial charge in [-0.25, -0.2) is 4.98 Å². The number of imidazole rings is 1. The van der Waals surface area contributed by atoms with Crippen LogP contribution in [0, 0.1) is 0 Å². The number of aryl methyl sites for hydroxylation is 2. The second kappa shape index (κ2) is 6.84. The normalized spacial score (nSPS) is 10.5. The molecule has 0 spiro atoms. The van der Waals surface area contributed by atoms with E-state index in [1.807, 2.05) is 18.7 Å². The first-order valence-corrected chi connectivity index (χ1v) is 6.56. The Morgan fingerprint density at radius 3 is 2.67 bits per heavy atom. The molecule has 0 amide bonds. The molecule has 3 heteroatoms. The highest BCUT2D eigenvalue weighted by molar-refractivity contribution is 5.27. The molecule has 96 valence electrons. The van der Waals surface area contributed by atoms with Crippen LogP contribution in [0.5, 0.6) is 5.75 Å². The zero-order valence-electron chi connectivity index (χ0n) is 10.9. The van der Waals surface area contributed by atoms with Crippen molar-refractivity contribution in [3.05, 3.63) is 48.5 Å². The van der Waals surface area contributed by atoms with Crippen LogP contribution in [0.1, 0.15) is 25.3 Å². The number of unbranched alkanes of at least 4 members (excludes halogenated alkanes) is 1. The summed E-state index contributed by atoms with van der Waals surface area (Å²) < 4.78 is 7.79. The molecule has 3 nitrogen and oxygen atoms in total. The standard InChI is InChI=1S/C15H20N2O/c1-2-14-5-7-15(8-6-14)18-12-4-3-10-17-11-9-16-13-17/h5-9,11,13H,2-4,10,12H2,1H3. The number of aromatic nitrogens is 2. The van der Waals surface area contributed by atoms with Crippen molar-refractivity contribution in [2.45, 2.75) is 32.7 Å². The minimum absolute atomic E-state index is 0.778. The third-order valence-electron chi connectivity index (χ3n) is 2.97. The van der Waals surface area contributed by atoms with Gasteiger partial charge in [-0.05, 0) is 37.0 Å². The molecule has 0 bridgehead atoms. The van der Waals surface area contributed by atoms with E-state index in [1.165, 1.54) is 5.56 Å². The molecule has 0 unspecified atom stereocenters. The highest BCUT2D eigenvalue weighted by Gasteiger charge is 1.95. The molecule has 0 aliphatic heterocycles. The summed E-state index contributed by atoms with van der Waals surface area (Å²) in [6, 6.07) is 8.35. The van der Waals surface area contributed by atoms with Crippen molar-refractivity contribution in [1.82, 2.24) is 9.55 Å². The van der Waals surface area contributed by atoms with Crippen LogP contribution in [0.25, 0.3) is 0 Å². The Labute approximate surface area is 108 Å². The molecule has 0 saturated carbocycles. The van der Waals surface area contributed by atoms with Gasteiger partial charge >= 0.3 is 0 Å². The Morgan fingerprint density at radius 1 is 1.17 bits per heavy atom. The Balaban J connectivity index is 1.62. The lowest BCUT2D eigenvalue weighted by atomic mass is 10.2. The molecule has 0 saturated heterocycles. The van der Waals surface area contributed by atoms with Gasteiger partial charge in [-0.3, -0.25) is 0 Å². The minimum atomic E-state index is 0.778. The molecule has 0 aliphatic rings. The van der Waals surface area contributed by atoms with Crippen molar-refractivity contribution in [2.24, 2.45) is 0 Å². The van der Waals surface area contributed by atoms with E-state index in [-0.39, 0.29) is 0 Å². The number of rotatable bonds is 7. The van der Waals surface area contributed by atoms with E-state index in [4.69, 9.17) is 4.74 Å². The maximum atomic E-state index is 5.70. The van der Waals surface area contributed by atoms with Gasteiger partial charge in [0.2, 0.25) is 0 Å². The largest absolute Gasteiger partial charge is 0.494 e. The van der Waals surface area contributed by atoms with Gasteiger partial charge in [-0.15, -0.1) is 0 Å². The van der Waals surface area contributed by atoms with Gasteiger partial charge in [0, 0.05) is 18.9 Å². The molecule has 0 fully saturated rings. The molecule has 1 aromatic carbocycles. The lowest BCUT2D eigenvalue weighted by molar-refractivity contribution is 0.303. The van der Waals surface area contributed by atoms with E-state index in [0.29, 0.717) is 0 Å². The molecule has 0 atom stereocenters. The smallest absolute Gasteiger partial charge is 0.119 e. The summed E-state index contributed by atoms with van der Waals surface area (Å²) in [7, 11) is 0. The van der Waals surface area contributed by atoms with E-state index in [1.54, 1.807) is 0 Å². The molecule has 1 heterocycles. The third kappa shape index (κ3) is 3.91. The van der Waals surface area contributed by atoms with Crippen LogP contribution >= 0.6 is 0 Å². The van der Waals surface area contributed by atoms with Crippen LogP contribution < -0.4 is 4.74 Å². The van der Waals surface area contributed by atoms with Gasteiger partial charge in [-0.2, -0.15) is 0 Å². The summed E-state index contributed by atoms with van der Waals surface area (Å²) in [5.74, 6) is 0.967. The highest BCUT2D eigenvalue weighted by Crippen LogP contribution is 2.12. The fourth-order valence-corrected chi connectivity index (χ4v) is 1.83. The first-order valence-electron chi connectivity index (χ1n) is 6.56. The van der Waals surface area contributed by atoms with Gasteiger partial charge in [0.15, 0.2) is 0 Å². The van der Waals surface area contributed by atoms with Gasteiger partial charge in [-0.1, -0.05) is 19.1 Å². The first-order chi connectivity index (χ1) is 8.88. The molecular formula is C15H20N2O. The van der Waals surface area contributed by atoms with E-state index in [0.717, 1.165) is 38.2 Å². The number of ether oxygens (including phenoxy) is 1. The lowest BCUT2D eigenvalue weighted by Gasteiger charge is -2.07. The predicted molar refractivity (Wildman–Crippen MR) is 72.8 cm³/mol. The van der Waals surface area contributed by atoms with E-state index in [2.05, 4.69) is 40.7 Å². The Hall–Kier alpha value is -1.77. The fraction of sp³-hybridized carbons (Fsp3) is 0.400. The van der Waals surface area contributed by atoms with Crippen molar-refractivity contribution in [2.75, 3.05) is 6.61 Å². The van der Waals surface area contributed by atoms with E-state index >= 15 is 0 Å². The average Bonchev–Trinajstić information content (AvgIpc) is 2.92. The molecule has 2 rings (SSSR count). The summed E-state index contributed by atoms with van der Waals surface area (Å²) in [6.07, 6.45) is 8.91. The summed E-state index contributed by atoms with van der Waals surface area (Å²) in [6.45, 7) is 3.95. The third-order valence-corrected chi connectivity index (χ3v) is 2.97. The second-order valence-electron chi connectivity index (χ2n) is 4.35. The molecule has 2 aromatic rings. The first kappa shape index (κ1) is 12.7. The van der Waals surface area contributed by atoms with Crippen molar-refractivity contribution < 1.29 is 4.74 Å². The maximum Gasteiger partial charge on any atom is 0.119 e. The van der Waals surface area contributed by atoms with Crippen molar-refractivity contribution in [3.63, 3.8) is 0 Å². The Bertz CT molecular complexity index is 434. The van der Waals surface area contributed by atoms with Crippen LogP contribution in [-0.2, 0) is 13.0 Å². The van der Waals surface area contributed by atoms with Gasteiger partial charge in [0.25, 0.3) is 0 Å². The average molecular weight is 244 g/mol. The number of benzene rings is 1. The number of nitrogens with zero attached hydrogens (tertiary/aromatic N) is 2. The maximum absolute atomic E-state index is 5.70. The summed E-state index contributed by atoms with van der Waals surface area (Å²) in [5, 5.41) is 0. The number of hydrogen-bond donors (Lipinski definition) is 0. The quantitative estimate of drug-likeness (QED) is 0.699. The fourth-order valence-electron chi connectivity index (χ4n) is 1.83. The molecule has 1 aromatic heterocycles. The molecular weight excluding hydrogens is 224 g/mol. The minimum Gasteiger partial charge on any atom is -0.494 e. The van der Waals surface area contributed by atoms with Crippen molar-refractivity contribution in [1.29, 1.82) is 0 Å². The van der Waals surface area contributed by atoms with Crippen molar-refractivity contribution >= 4 is 0 Å². The zero-order valence-corrected chi connectivity index (χ0v) is 10.9. The Morgan fingerprint density at radius 2 is 2.00 bits per heavy atom. The molecule has 0 aliphatic carbocycles. The molecule has 0 radical (unpaired) electrons.